The molecule has 17 heavy (non-hydrogen) atoms. The molecular formula is C14H21FN2. The number of halogens is 1. The van der Waals surface area contributed by atoms with Gasteiger partial charge >= 0.3 is 0 Å². The maximum absolute atomic E-state index is 13.4. The first-order chi connectivity index (χ1) is 8.25. The van der Waals surface area contributed by atoms with E-state index in [1.807, 2.05) is 12.1 Å². The molecule has 0 aliphatic carbocycles. The van der Waals surface area contributed by atoms with Gasteiger partial charge in [0.15, 0.2) is 0 Å². The van der Waals surface area contributed by atoms with E-state index in [9.17, 15) is 4.39 Å². The molecule has 94 valence electrons. The number of nitrogens with one attached hydrogen (secondary N) is 1. The molecule has 0 spiro atoms. The average Bonchev–Trinajstić information content (AvgIpc) is 2.53. The van der Waals surface area contributed by atoms with Gasteiger partial charge in [-0.05, 0) is 45.5 Å². The minimum Gasteiger partial charge on any atom is -0.310 e. The lowest BCUT2D eigenvalue weighted by Gasteiger charge is -2.17. The zero-order valence-corrected chi connectivity index (χ0v) is 10.5. The summed E-state index contributed by atoms with van der Waals surface area (Å²) >= 11 is 0. The predicted octanol–water partition coefficient (Wildman–Crippen LogP) is 2.40. The number of rotatable bonds is 3. The SMILES string of the molecule is CN1CCCC(NCc2ccccc2F)CC1. The molecule has 1 aliphatic heterocycles. The Bertz CT molecular complexity index is 354. The summed E-state index contributed by atoms with van der Waals surface area (Å²) < 4.78 is 13.4. The Kier molecular flexibility index (Phi) is 4.51. The largest absolute Gasteiger partial charge is 0.310 e. The molecule has 1 saturated heterocycles. The molecule has 0 radical (unpaired) electrons. The van der Waals surface area contributed by atoms with E-state index in [4.69, 9.17) is 0 Å². The highest BCUT2D eigenvalue weighted by Gasteiger charge is 2.14. The van der Waals surface area contributed by atoms with Gasteiger partial charge in [-0.1, -0.05) is 18.2 Å². The quantitative estimate of drug-likeness (QED) is 0.867. The van der Waals surface area contributed by atoms with Crippen molar-refractivity contribution >= 4 is 0 Å². The van der Waals surface area contributed by atoms with Crippen LogP contribution in [0.25, 0.3) is 0 Å². The van der Waals surface area contributed by atoms with E-state index in [2.05, 4.69) is 17.3 Å². The number of hydrogen-bond acceptors (Lipinski definition) is 2. The van der Waals surface area contributed by atoms with Gasteiger partial charge in [-0.3, -0.25) is 0 Å². The van der Waals surface area contributed by atoms with Crippen molar-refractivity contribution < 1.29 is 4.39 Å². The second-order valence-corrected chi connectivity index (χ2v) is 4.90. The summed E-state index contributed by atoms with van der Waals surface area (Å²) in [4.78, 5) is 2.37. The van der Waals surface area contributed by atoms with Gasteiger partial charge in [0.05, 0.1) is 0 Å². The molecule has 1 atom stereocenters. The maximum atomic E-state index is 13.4. The van der Waals surface area contributed by atoms with Crippen molar-refractivity contribution in [3.8, 4) is 0 Å². The first kappa shape index (κ1) is 12.5. The fourth-order valence-corrected chi connectivity index (χ4v) is 2.34. The molecule has 1 heterocycles. The van der Waals surface area contributed by atoms with Crippen LogP contribution < -0.4 is 5.32 Å². The second kappa shape index (κ2) is 6.12. The summed E-state index contributed by atoms with van der Waals surface area (Å²) in [7, 11) is 2.17. The Morgan fingerprint density at radius 2 is 2.12 bits per heavy atom. The number of likely N-dealkylation sites (tertiary alicyclic amines) is 1. The van der Waals surface area contributed by atoms with Crippen LogP contribution in [0.2, 0.25) is 0 Å². The maximum Gasteiger partial charge on any atom is 0.127 e. The minimum atomic E-state index is -0.106. The van der Waals surface area contributed by atoms with E-state index >= 15 is 0 Å². The van der Waals surface area contributed by atoms with Crippen LogP contribution in [0, 0.1) is 5.82 Å². The summed E-state index contributed by atoms with van der Waals surface area (Å²) in [6.07, 6.45) is 3.58. The van der Waals surface area contributed by atoms with Crippen LogP contribution >= 0.6 is 0 Å². The summed E-state index contributed by atoms with van der Waals surface area (Å²) in [6, 6.07) is 7.53. The minimum absolute atomic E-state index is 0.106. The fraction of sp³-hybridized carbons (Fsp3) is 0.571. The van der Waals surface area contributed by atoms with E-state index in [0.717, 1.165) is 18.5 Å². The van der Waals surface area contributed by atoms with Crippen molar-refractivity contribution in [2.45, 2.75) is 31.8 Å². The van der Waals surface area contributed by atoms with Gasteiger partial charge in [-0.2, -0.15) is 0 Å². The Morgan fingerprint density at radius 1 is 1.29 bits per heavy atom. The van der Waals surface area contributed by atoms with Crippen molar-refractivity contribution in [1.29, 1.82) is 0 Å². The Morgan fingerprint density at radius 3 is 2.94 bits per heavy atom. The van der Waals surface area contributed by atoms with Crippen molar-refractivity contribution in [2.75, 3.05) is 20.1 Å². The van der Waals surface area contributed by atoms with Crippen molar-refractivity contribution in [1.82, 2.24) is 10.2 Å². The van der Waals surface area contributed by atoms with Crippen LogP contribution in [0.4, 0.5) is 4.39 Å². The molecule has 2 rings (SSSR count). The summed E-state index contributed by atoms with van der Waals surface area (Å²) in [5.74, 6) is -0.106. The van der Waals surface area contributed by atoms with E-state index in [-0.39, 0.29) is 5.82 Å². The third kappa shape index (κ3) is 3.79. The van der Waals surface area contributed by atoms with E-state index in [0.29, 0.717) is 12.6 Å². The molecule has 1 aromatic carbocycles. The molecule has 1 aliphatic rings. The lowest BCUT2D eigenvalue weighted by molar-refractivity contribution is 0.343. The zero-order chi connectivity index (χ0) is 12.1. The van der Waals surface area contributed by atoms with Crippen LogP contribution in [0.1, 0.15) is 24.8 Å². The predicted molar refractivity (Wildman–Crippen MR) is 68.4 cm³/mol. The Balaban J connectivity index is 1.83. The van der Waals surface area contributed by atoms with Gasteiger partial charge in [-0.15, -0.1) is 0 Å². The lowest BCUT2D eigenvalue weighted by atomic mass is 10.1. The van der Waals surface area contributed by atoms with Crippen LogP contribution in [-0.4, -0.2) is 31.1 Å². The summed E-state index contributed by atoms with van der Waals surface area (Å²) in [6.45, 7) is 2.95. The molecule has 0 bridgehead atoms. The van der Waals surface area contributed by atoms with Crippen LogP contribution in [-0.2, 0) is 6.54 Å². The molecular weight excluding hydrogens is 215 g/mol. The normalized spacial score (nSPS) is 22.4. The van der Waals surface area contributed by atoms with Gasteiger partial charge < -0.3 is 10.2 Å². The molecule has 3 heteroatoms. The zero-order valence-electron chi connectivity index (χ0n) is 10.5. The molecule has 1 N–H and O–H groups in total. The molecule has 2 nitrogen and oxygen atoms in total. The van der Waals surface area contributed by atoms with Gasteiger partial charge in [0.2, 0.25) is 0 Å². The average molecular weight is 236 g/mol. The first-order valence-electron chi connectivity index (χ1n) is 6.41. The van der Waals surface area contributed by atoms with Gasteiger partial charge in [0, 0.05) is 18.2 Å². The lowest BCUT2D eigenvalue weighted by Crippen LogP contribution is -2.30. The third-order valence-electron chi connectivity index (χ3n) is 3.49. The monoisotopic (exact) mass is 236 g/mol. The summed E-state index contributed by atoms with van der Waals surface area (Å²) in [5.41, 5.74) is 0.769. The van der Waals surface area contributed by atoms with Crippen molar-refractivity contribution in [3.05, 3.63) is 35.6 Å². The van der Waals surface area contributed by atoms with Crippen molar-refractivity contribution in [2.24, 2.45) is 0 Å². The number of benzene rings is 1. The van der Waals surface area contributed by atoms with Crippen LogP contribution in [0.5, 0.6) is 0 Å². The van der Waals surface area contributed by atoms with Crippen LogP contribution in [0.15, 0.2) is 24.3 Å². The third-order valence-corrected chi connectivity index (χ3v) is 3.49. The topological polar surface area (TPSA) is 15.3 Å². The standard InChI is InChI=1S/C14H21FN2/c1-17-9-4-6-13(8-10-17)16-11-12-5-2-3-7-14(12)15/h2-3,5,7,13,16H,4,6,8-11H2,1H3. The van der Waals surface area contributed by atoms with Gasteiger partial charge in [0.25, 0.3) is 0 Å². The molecule has 0 amide bonds. The number of hydrogen-bond donors (Lipinski definition) is 1. The number of nitrogens with zero attached hydrogens (tertiary/aromatic N) is 1. The summed E-state index contributed by atoms with van der Waals surface area (Å²) in [5, 5.41) is 3.47. The highest BCUT2D eigenvalue weighted by molar-refractivity contribution is 5.17. The Labute approximate surface area is 103 Å². The van der Waals surface area contributed by atoms with E-state index < -0.39 is 0 Å². The smallest absolute Gasteiger partial charge is 0.127 e. The first-order valence-corrected chi connectivity index (χ1v) is 6.41. The highest BCUT2D eigenvalue weighted by Crippen LogP contribution is 2.11. The highest BCUT2D eigenvalue weighted by atomic mass is 19.1. The van der Waals surface area contributed by atoms with Crippen LogP contribution in [0.3, 0.4) is 0 Å². The Hall–Kier alpha value is -0.930. The van der Waals surface area contributed by atoms with Crippen molar-refractivity contribution in [3.63, 3.8) is 0 Å². The molecule has 1 fully saturated rings. The molecule has 0 saturated carbocycles. The van der Waals surface area contributed by atoms with E-state index in [1.54, 1.807) is 6.07 Å². The van der Waals surface area contributed by atoms with Gasteiger partial charge in [0.1, 0.15) is 5.82 Å². The van der Waals surface area contributed by atoms with E-state index in [1.165, 1.54) is 25.5 Å². The molecule has 1 aromatic rings. The molecule has 1 unspecified atom stereocenters. The molecule has 0 aromatic heterocycles. The fourth-order valence-electron chi connectivity index (χ4n) is 2.34. The second-order valence-electron chi connectivity index (χ2n) is 4.90. The van der Waals surface area contributed by atoms with Gasteiger partial charge in [-0.25, -0.2) is 4.39 Å².